The van der Waals surface area contributed by atoms with Crippen molar-refractivity contribution in [2.75, 3.05) is 13.2 Å². The molecule has 0 saturated heterocycles. The summed E-state index contributed by atoms with van der Waals surface area (Å²) in [7, 11) is 0. The van der Waals surface area contributed by atoms with E-state index in [1.165, 1.54) is 6.26 Å². The summed E-state index contributed by atoms with van der Waals surface area (Å²) in [4.78, 5) is 23.4. The molecule has 0 aliphatic heterocycles. The maximum atomic E-state index is 11.8. The Kier molecular flexibility index (Phi) is 5.59. The lowest BCUT2D eigenvalue weighted by Gasteiger charge is -2.10. The van der Waals surface area contributed by atoms with Crippen molar-refractivity contribution < 1.29 is 23.5 Å². The van der Waals surface area contributed by atoms with Crippen LogP contribution < -0.4 is 14.8 Å². The largest absolute Gasteiger partial charge is 0.490 e. The summed E-state index contributed by atoms with van der Waals surface area (Å²) >= 11 is 0. The van der Waals surface area contributed by atoms with Gasteiger partial charge >= 0.3 is 5.97 Å². The number of carbonyl (C=O) groups is 2. The number of hydrogen-bond donors (Lipinski definition) is 1. The highest BCUT2D eigenvalue weighted by Crippen LogP contribution is 2.26. The Balaban J connectivity index is 1.80. The molecule has 6 nitrogen and oxygen atoms in total. The SMILES string of the molecule is CCOc1ccccc1OC(=O)CCNC(=O)c1ccco1. The van der Waals surface area contributed by atoms with Gasteiger partial charge in [0.05, 0.1) is 19.3 Å². The lowest BCUT2D eigenvalue weighted by molar-refractivity contribution is -0.134. The molecular formula is C16H17NO5. The molecule has 116 valence electrons. The molecule has 2 rings (SSSR count). The molecule has 0 spiro atoms. The van der Waals surface area contributed by atoms with Crippen molar-refractivity contribution in [2.45, 2.75) is 13.3 Å². The first kappa shape index (κ1) is 15.6. The molecular weight excluding hydrogens is 286 g/mol. The van der Waals surface area contributed by atoms with Crippen molar-refractivity contribution in [3.05, 3.63) is 48.4 Å². The molecule has 0 aliphatic rings. The standard InChI is InChI=1S/C16H17NO5/c1-2-20-12-6-3-4-7-13(12)22-15(18)9-10-17-16(19)14-8-5-11-21-14/h3-8,11H,2,9-10H2,1H3,(H,17,19). The highest BCUT2D eigenvalue weighted by Gasteiger charge is 2.12. The number of amides is 1. The fraction of sp³-hybridized carbons (Fsp3) is 0.250. The highest BCUT2D eigenvalue weighted by molar-refractivity contribution is 5.91. The van der Waals surface area contributed by atoms with E-state index in [2.05, 4.69) is 5.32 Å². The second-order valence-corrected chi connectivity index (χ2v) is 4.34. The van der Waals surface area contributed by atoms with Gasteiger partial charge in [0, 0.05) is 6.54 Å². The quantitative estimate of drug-likeness (QED) is 0.628. The van der Waals surface area contributed by atoms with Crippen LogP contribution >= 0.6 is 0 Å². The molecule has 1 N–H and O–H groups in total. The molecule has 0 radical (unpaired) electrons. The molecule has 0 bridgehead atoms. The fourth-order valence-corrected chi connectivity index (χ4v) is 1.76. The van der Waals surface area contributed by atoms with Gasteiger partial charge in [-0.25, -0.2) is 0 Å². The second kappa shape index (κ2) is 7.87. The minimum Gasteiger partial charge on any atom is -0.490 e. The van der Waals surface area contributed by atoms with Crippen LogP contribution in [0.2, 0.25) is 0 Å². The Morgan fingerprint density at radius 3 is 2.59 bits per heavy atom. The fourth-order valence-electron chi connectivity index (χ4n) is 1.76. The third-order valence-corrected chi connectivity index (χ3v) is 2.73. The minimum atomic E-state index is -0.452. The van der Waals surface area contributed by atoms with E-state index in [1.54, 1.807) is 36.4 Å². The van der Waals surface area contributed by atoms with Gasteiger partial charge in [-0.2, -0.15) is 0 Å². The molecule has 1 aromatic carbocycles. The summed E-state index contributed by atoms with van der Waals surface area (Å²) in [5.74, 6) is 0.263. The molecule has 6 heteroatoms. The van der Waals surface area contributed by atoms with Gasteiger partial charge < -0.3 is 19.2 Å². The van der Waals surface area contributed by atoms with Crippen molar-refractivity contribution in [3.63, 3.8) is 0 Å². The molecule has 0 fully saturated rings. The number of nitrogens with one attached hydrogen (secondary N) is 1. The van der Waals surface area contributed by atoms with Crippen LogP contribution in [0.25, 0.3) is 0 Å². The van der Waals surface area contributed by atoms with E-state index >= 15 is 0 Å². The Morgan fingerprint density at radius 1 is 1.14 bits per heavy atom. The van der Waals surface area contributed by atoms with Crippen LogP contribution in [-0.2, 0) is 4.79 Å². The van der Waals surface area contributed by atoms with Crippen LogP contribution in [0.4, 0.5) is 0 Å². The average Bonchev–Trinajstić information content (AvgIpc) is 3.04. The van der Waals surface area contributed by atoms with Gasteiger partial charge in [-0.3, -0.25) is 9.59 Å². The predicted octanol–water partition coefficient (Wildman–Crippen LogP) is 2.40. The summed E-state index contributed by atoms with van der Waals surface area (Å²) in [6, 6.07) is 10.1. The second-order valence-electron chi connectivity index (χ2n) is 4.34. The molecule has 22 heavy (non-hydrogen) atoms. The maximum Gasteiger partial charge on any atom is 0.313 e. The van der Waals surface area contributed by atoms with Crippen LogP contribution in [0.3, 0.4) is 0 Å². The van der Waals surface area contributed by atoms with Gasteiger partial charge in [0.2, 0.25) is 0 Å². The monoisotopic (exact) mass is 303 g/mol. The van der Waals surface area contributed by atoms with E-state index in [9.17, 15) is 9.59 Å². The van der Waals surface area contributed by atoms with E-state index in [-0.39, 0.29) is 24.6 Å². The van der Waals surface area contributed by atoms with Crippen LogP contribution in [-0.4, -0.2) is 25.0 Å². The summed E-state index contributed by atoms with van der Waals surface area (Å²) in [6.45, 7) is 2.49. The van der Waals surface area contributed by atoms with Crippen LogP contribution in [0.5, 0.6) is 11.5 Å². The summed E-state index contributed by atoms with van der Waals surface area (Å²) < 4.78 is 15.5. The van der Waals surface area contributed by atoms with Crippen molar-refractivity contribution >= 4 is 11.9 Å². The Labute approximate surface area is 128 Å². The van der Waals surface area contributed by atoms with Crippen LogP contribution in [0, 0.1) is 0 Å². The average molecular weight is 303 g/mol. The van der Waals surface area contributed by atoms with E-state index < -0.39 is 5.97 Å². The molecule has 0 aliphatic carbocycles. The minimum absolute atomic E-state index is 0.0485. The maximum absolute atomic E-state index is 11.8. The normalized spacial score (nSPS) is 10.0. The third-order valence-electron chi connectivity index (χ3n) is 2.73. The Morgan fingerprint density at radius 2 is 1.91 bits per heavy atom. The van der Waals surface area contributed by atoms with Crippen molar-refractivity contribution in [1.29, 1.82) is 0 Å². The zero-order chi connectivity index (χ0) is 15.8. The number of rotatable bonds is 7. The number of hydrogen-bond acceptors (Lipinski definition) is 5. The van der Waals surface area contributed by atoms with Gasteiger partial charge in [-0.15, -0.1) is 0 Å². The Bertz CT molecular complexity index is 621. The molecule has 0 saturated carbocycles. The van der Waals surface area contributed by atoms with Crippen molar-refractivity contribution in [1.82, 2.24) is 5.32 Å². The van der Waals surface area contributed by atoms with Crippen molar-refractivity contribution in [2.24, 2.45) is 0 Å². The molecule has 0 unspecified atom stereocenters. The Hall–Kier alpha value is -2.76. The van der Waals surface area contributed by atoms with Gasteiger partial charge in [0.15, 0.2) is 17.3 Å². The topological polar surface area (TPSA) is 77.8 Å². The number of benzene rings is 1. The van der Waals surface area contributed by atoms with Crippen LogP contribution in [0.15, 0.2) is 47.1 Å². The van der Waals surface area contributed by atoms with Gasteiger partial charge in [-0.05, 0) is 31.2 Å². The first-order valence-corrected chi connectivity index (χ1v) is 6.95. The third kappa shape index (κ3) is 4.37. The first-order chi connectivity index (χ1) is 10.7. The number of para-hydroxylation sites is 2. The summed E-state index contributed by atoms with van der Waals surface area (Å²) in [6.07, 6.45) is 1.46. The number of carbonyl (C=O) groups excluding carboxylic acids is 2. The predicted molar refractivity (Wildman–Crippen MR) is 78.9 cm³/mol. The van der Waals surface area contributed by atoms with Gasteiger partial charge in [0.1, 0.15) is 0 Å². The summed E-state index contributed by atoms with van der Waals surface area (Å²) in [5.41, 5.74) is 0. The van der Waals surface area contributed by atoms with E-state index in [1.807, 2.05) is 6.92 Å². The van der Waals surface area contributed by atoms with E-state index in [0.29, 0.717) is 18.1 Å². The van der Waals surface area contributed by atoms with Gasteiger partial charge in [-0.1, -0.05) is 12.1 Å². The number of furan rings is 1. The summed E-state index contributed by atoms with van der Waals surface area (Å²) in [5, 5.41) is 2.58. The first-order valence-electron chi connectivity index (χ1n) is 6.95. The zero-order valence-electron chi connectivity index (χ0n) is 12.2. The molecule has 0 atom stereocenters. The lowest BCUT2D eigenvalue weighted by atomic mass is 10.3. The smallest absolute Gasteiger partial charge is 0.313 e. The van der Waals surface area contributed by atoms with E-state index in [4.69, 9.17) is 13.9 Å². The molecule has 1 heterocycles. The van der Waals surface area contributed by atoms with Crippen LogP contribution in [0.1, 0.15) is 23.9 Å². The molecule has 1 aromatic heterocycles. The number of esters is 1. The molecule has 2 aromatic rings. The van der Waals surface area contributed by atoms with Gasteiger partial charge in [0.25, 0.3) is 5.91 Å². The zero-order valence-corrected chi connectivity index (χ0v) is 12.2. The highest BCUT2D eigenvalue weighted by atomic mass is 16.6. The van der Waals surface area contributed by atoms with E-state index in [0.717, 1.165) is 0 Å². The molecule has 1 amide bonds. The van der Waals surface area contributed by atoms with Crippen molar-refractivity contribution in [3.8, 4) is 11.5 Å². The number of ether oxygens (including phenoxy) is 2. The lowest BCUT2D eigenvalue weighted by Crippen LogP contribution is -2.26.